The molecule has 0 aromatic heterocycles. The summed E-state index contributed by atoms with van der Waals surface area (Å²) in [7, 11) is 0. The van der Waals surface area contributed by atoms with E-state index in [2.05, 4.69) is 54.8 Å². The molecule has 0 aliphatic heterocycles. The summed E-state index contributed by atoms with van der Waals surface area (Å²) in [5, 5.41) is 0. The number of hydrogen-bond acceptors (Lipinski definition) is 1. The lowest BCUT2D eigenvalue weighted by Gasteiger charge is -2.43. The molecule has 1 heteroatoms. The summed E-state index contributed by atoms with van der Waals surface area (Å²) in [5.74, 6) is 0.307. The van der Waals surface area contributed by atoms with E-state index in [1.54, 1.807) is 0 Å². The summed E-state index contributed by atoms with van der Waals surface area (Å²) in [6, 6.07) is 19.7. The molecule has 1 nitrogen and oxygen atoms in total. The maximum absolute atomic E-state index is 14.2. The molecule has 2 aliphatic carbocycles. The van der Waals surface area contributed by atoms with E-state index < -0.39 is 5.41 Å². The molecule has 0 amide bonds. The molecule has 0 heterocycles. The van der Waals surface area contributed by atoms with E-state index in [4.69, 9.17) is 0 Å². The normalized spacial score (nSPS) is 22.0. The molecular weight excluding hydrogens is 340 g/mol. The van der Waals surface area contributed by atoms with Gasteiger partial charge in [0.2, 0.25) is 0 Å². The SMILES string of the molecule is CC1C=CC=CC1C(C(=O)c1ccccc1)(C1=CC=C=C=C1)c1ccccc1. The lowest BCUT2D eigenvalue weighted by Crippen LogP contribution is -2.46. The van der Waals surface area contributed by atoms with E-state index in [0.717, 1.165) is 11.1 Å². The van der Waals surface area contributed by atoms with E-state index in [-0.39, 0.29) is 17.6 Å². The Labute approximate surface area is 166 Å². The van der Waals surface area contributed by atoms with Crippen LogP contribution in [-0.4, -0.2) is 5.78 Å². The summed E-state index contributed by atoms with van der Waals surface area (Å²) in [5.41, 5.74) is 7.88. The van der Waals surface area contributed by atoms with Gasteiger partial charge >= 0.3 is 0 Å². The first-order valence-electron chi connectivity index (χ1n) is 9.63. The predicted octanol–water partition coefficient (Wildman–Crippen LogP) is 5.99. The lowest BCUT2D eigenvalue weighted by atomic mass is 9.57. The Kier molecular flexibility index (Phi) is 4.96. The molecule has 0 bridgehead atoms. The zero-order valence-corrected chi connectivity index (χ0v) is 15.9. The van der Waals surface area contributed by atoms with Crippen molar-refractivity contribution in [3.8, 4) is 0 Å². The third-order valence-corrected chi connectivity index (χ3v) is 5.65. The minimum atomic E-state index is -0.838. The third kappa shape index (κ3) is 2.98. The lowest BCUT2D eigenvalue weighted by molar-refractivity contribution is 0.0862. The van der Waals surface area contributed by atoms with Gasteiger partial charge in [-0.15, -0.1) is 0 Å². The van der Waals surface area contributed by atoms with Crippen LogP contribution in [0.4, 0.5) is 0 Å². The van der Waals surface area contributed by atoms with E-state index in [9.17, 15) is 4.79 Å². The fraction of sp³-hybridized carbons (Fsp3) is 0.148. The summed E-state index contributed by atoms with van der Waals surface area (Å²) in [6.07, 6.45) is 14.2. The highest BCUT2D eigenvalue weighted by Crippen LogP contribution is 2.48. The number of hydrogen-bond donors (Lipinski definition) is 0. The quantitative estimate of drug-likeness (QED) is 0.471. The first-order valence-corrected chi connectivity index (χ1v) is 9.63. The number of rotatable bonds is 5. The van der Waals surface area contributed by atoms with Crippen molar-refractivity contribution >= 4 is 5.78 Å². The number of carbonyl (C=O) groups excluding carboxylic acids is 1. The standard InChI is InChI=1S/C27H22O/c1-21-13-11-12-20-25(21)27(23-16-7-3-8-17-23,24-18-9-4-10-19-24)26(28)22-14-5-2-6-15-22/h2-3,5-9,11-21,25H,1H3. The fourth-order valence-corrected chi connectivity index (χ4v) is 4.33. The van der Waals surface area contributed by atoms with Crippen LogP contribution in [0, 0.1) is 11.8 Å². The smallest absolute Gasteiger partial charge is 0.178 e. The molecule has 0 radical (unpaired) electrons. The monoisotopic (exact) mass is 362 g/mol. The highest BCUT2D eigenvalue weighted by atomic mass is 16.1. The Balaban J connectivity index is 2.03. The molecular formula is C27H22O. The average molecular weight is 362 g/mol. The highest BCUT2D eigenvalue weighted by molar-refractivity contribution is 6.07. The van der Waals surface area contributed by atoms with Crippen LogP contribution in [-0.2, 0) is 5.41 Å². The van der Waals surface area contributed by atoms with Gasteiger partial charge in [0.15, 0.2) is 5.78 Å². The summed E-state index contributed by atoms with van der Waals surface area (Å²) >= 11 is 0. The first-order chi connectivity index (χ1) is 13.7. The van der Waals surface area contributed by atoms with Crippen molar-refractivity contribution in [2.24, 2.45) is 11.8 Å². The Morgan fingerprint density at radius 2 is 1.57 bits per heavy atom. The van der Waals surface area contributed by atoms with E-state index in [1.165, 1.54) is 0 Å². The fourth-order valence-electron chi connectivity index (χ4n) is 4.33. The second-order valence-corrected chi connectivity index (χ2v) is 7.25. The number of Topliss-reactive ketones (excluding diaryl/α,β-unsaturated/α-hetero) is 1. The Bertz CT molecular complexity index is 1060. The second kappa shape index (κ2) is 7.71. The minimum Gasteiger partial charge on any atom is -0.293 e. The predicted molar refractivity (Wildman–Crippen MR) is 114 cm³/mol. The number of ketones is 1. The van der Waals surface area contributed by atoms with Crippen molar-refractivity contribution in [1.82, 2.24) is 0 Å². The van der Waals surface area contributed by atoms with Crippen molar-refractivity contribution in [2.45, 2.75) is 12.3 Å². The van der Waals surface area contributed by atoms with E-state index in [1.807, 2.05) is 66.8 Å². The molecule has 0 saturated carbocycles. The van der Waals surface area contributed by atoms with Gasteiger partial charge in [-0.3, -0.25) is 4.79 Å². The van der Waals surface area contributed by atoms with E-state index >= 15 is 0 Å². The molecule has 2 aromatic rings. The van der Waals surface area contributed by atoms with Crippen LogP contribution in [0.3, 0.4) is 0 Å². The van der Waals surface area contributed by atoms with Crippen molar-refractivity contribution in [3.05, 3.63) is 131 Å². The topological polar surface area (TPSA) is 17.1 Å². The molecule has 4 rings (SSSR count). The Morgan fingerprint density at radius 1 is 0.893 bits per heavy atom. The second-order valence-electron chi connectivity index (χ2n) is 7.25. The van der Waals surface area contributed by atoms with Crippen molar-refractivity contribution < 1.29 is 4.79 Å². The zero-order chi connectivity index (χ0) is 19.4. The van der Waals surface area contributed by atoms with Gasteiger partial charge < -0.3 is 0 Å². The maximum atomic E-state index is 14.2. The molecule has 0 saturated heterocycles. The van der Waals surface area contributed by atoms with Gasteiger partial charge in [0, 0.05) is 11.5 Å². The van der Waals surface area contributed by atoms with Crippen LogP contribution in [0.15, 0.2) is 120 Å². The van der Waals surface area contributed by atoms with Gasteiger partial charge in [0.25, 0.3) is 0 Å². The van der Waals surface area contributed by atoms with Crippen LogP contribution in [0.5, 0.6) is 0 Å². The van der Waals surface area contributed by atoms with Crippen molar-refractivity contribution in [3.63, 3.8) is 0 Å². The molecule has 3 atom stereocenters. The Morgan fingerprint density at radius 3 is 2.21 bits per heavy atom. The molecule has 2 aliphatic rings. The molecule has 0 spiro atoms. The summed E-state index contributed by atoms with van der Waals surface area (Å²) in [6.45, 7) is 2.18. The van der Waals surface area contributed by atoms with Crippen LogP contribution >= 0.6 is 0 Å². The van der Waals surface area contributed by atoms with E-state index in [0.29, 0.717) is 5.56 Å². The van der Waals surface area contributed by atoms with Crippen LogP contribution < -0.4 is 0 Å². The van der Waals surface area contributed by atoms with Gasteiger partial charge in [0.1, 0.15) is 0 Å². The van der Waals surface area contributed by atoms with Gasteiger partial charge in [-0.25, -0.2) is 0 Å². The molecule has 136 valence electrons. The number of allylic oxidation sites excluding steroid dienone is 8. The van der Waals surface area contributed by atoms with Gasteiger partial charge in [0.05, 0.1) is 5.41 Å². The maximum Gasteiger partial charge on any atom is 0.178 e. The molecule has 2 aromatic carbocycles. The van der Waals surface area contributed by atoms with Gasteiger partial charge in [-0.2, -0.15) is 0 Å². The highest BCUT2D eigenvalue weighted by Gasteiger charge is 2.50. The van der Waals surface area contributed by atoms with Gasteiger partial charge in [-0.1, -0.05) is 103 Å². The number of benzene rings is 2. The van der Waals surface area contributed by atoms with Crippen LogP contribution in [0.1, 0.15) is 22.8 Å². The molecule has 3 unspecified atom stereocenters. The Hall–Kier alpha value is -3.37. The molecule has 28 heavy (non-hydrogen) atoms. The third-order valence-electron chi connectivity index (χ3n) is 5.65. The summed E-state index contributed by atoms with van der Waals surface area (Å²) in [4.78, 5) is 14.2. The average Bonchev–Trinajstić information content (AvgIpc) is 2.77. The number of carbonyl (C=O) groups is 1. The van der Waals surface area contributed by atoms with Gasteiger partial charge in [-0.05, 0) is 35.3 Å². The summed E-state index contributed by atoms with van der Waals surface area (Å²) < 4.78 is 0. The largest absolute Gasteiger partial charge is 0.293 e. The van der Waals surface area contributed by atoms with Crippen molar-refractivity contribution in [1.29, 1.82) is 0 Å². The zero-order valence-electron chi connectivity index (χ0n) is 15.9. The molecule has 0 fully saturated rings. The van der Waals surface area contributed by atoms with Crippen LogP contribution in [0.25, 0.3) is 0 Å². The van der Waals surface area contributed by atoms with Crippen LogP contribution in [0.2, 0.25) is 0 Å². The van der Waals surface area contributed by atoms with Crippen molar-refractivity contribution in [2.75, 3.05) is 0 Å². The molecule has 0 N–H and O–H groups in total. The first kappa shape index (κ1) is 18.0. The minimum absolute atomic E-state index is 0.0107.